The summed E-state index contributed by atoms with van der Waals surface area (Å²) in [6.45, 7) is 6.70. The van der Waals surface area contributed by atoms with E-state index >= 15 is 0 Å². The van der Waals surface area contributed by atoms with E-state index in [9.17, 15) is 4.79 Å². The van der Waals surface area contributed by atoms with E-state index in [1.54, 1.807) is 22.2 Å². The molecule has 1 amide bonds. The number of aryl methyl sites for hydroxylation is 2. The number of rotatable bonds is 8. The van der Waals surface area contributed by atoms with E-state index in [0.717, 1.165) is 28.0 Å². The normalized spacial score (nSPS) is 12.6. The van der Waals surface area contributed by atoms with Crippen molar-refractivity contribution in [1.82, 2.24) is 19.7 Å². The third-order valence-electron chi connectivity index (χ3n) is 4.41. The van der Waals surface area contributed by atoms with Gasteiger partial charge in [-0.05, 0) is 42.2 Å². The van der Waals surface area contributed by atoms with Gasteiger partial charge in [0, 0.05) is 19.8 Å². The molecule has 144 valence electrons. The van der Waals surface area contributed by atoms with Gasteiger partial charge in [-0.1, -0.05) is 13.8 Å². The lowest BCUT2D eigenvalue weighted by Gasteiger charge is -2.15. The minimum absolute atomic E-state index is 0.332. The molecule has 27 heavy (non-hydrogen) atoms. The summed E-state index contributed by atoms with van der Waals surface area (Å²) < 4.78 is 1.72. The standard InChI is InChI=1S/C19H26N6OS/c1-11(2)5-15-10-27-19-16(15)18(23-12(3)24-19)21-8-14(17(20)26)6-13-7-22-25(4)9-13/h7,9-11,14H,5-6,8H2,1-4H3,(H2,20,26)(H,21,23,24)/t14-/m1/s1. The van der Waals surface area contributed by atoms with Crippen LogP contribution in [0.3, 0.4) is 0 Å². The van der Waals surface area contributed by atoms with E-state index in [1.165, 1.54) is 5.56 Å². The van der Waals surface area contributed by atoms with Crippen molar-refractivity contribution in [3.63, 3.8) is 0 Å². The largest absolute Gasteiger partial charge is 0.369 e. The molecule has 0 unspecified atom stereocenters. The molecule has 0 fully saturated rings. The van der Waals surface area contributed by atoms with Crippen LogP contribution in [0.15, 0.2) is 17.8 Å². The lowest BCUT2D eigenvalue weighted by molar-refractivity contribution is -0.121. The van der Waals surface area contributed by atoms with Gasteiger partial charge >= 0.3 is 0 Å². The minimum Gasteiger partial charge on any atom is -0.369 e. The summed E-state index contributed by atoms with van der Waals surface area (Å²) in [6, 6.07) is 0. The lowest BCUT2D eigenvalue weighted by atomic mass is 10.0. The lowest BCUT2D eigenvalue weighted by Crippen LogP contribution is -2.31. The van der Waals surface area contributed by atoms with Crippen molar-refractivity contribution in [2.45, 2.75) is 33.6 Å². The van der Waals surface area contributed by atoms with Gasteiger partial charge in [-0.25, -0.2) is 9.97 Å². The summed E-state index contributed by atoms with van der Waals surface area (Å²) >= 11 is 1.64. The van der Waals surface area contributed by atoms with E-state index in [2.05, 4.69) is 39.6 Å². The first-order chi connectivity index (χ1) is 12.8. The summed E-state index contributed by atoms with van der Waals surface area (Å²) in [6.07, 6.45) is 5.19. The fourth-order valence-electron chi connectivity index (χ4n) is 3.18. The highest BCUT2D eigenvalue weighted by Gasteiger charge is 2.19. The number of anilines is 1. The Hall–Kier alpha value is -2.48. The van der Waals surface area contributed by atoms with Crippen molar-refractivity contribution in [3.8, 4) is 0 Å². The Balaban J connectivity index is 1.83. The van der Waals surface area contributed by atoms with Crippen molar-refractivity contribution in [3.05, 3.63) is 34.7 Å². The van der Waals surface area contributed by atoms with Crippen molar-refractivity contribution in [2.75, 3.05) is 11.9 Å². The second-order valence-corrected chi connectivity index (χ2v) is 8.22. The average molecular weight is 387 g/mol. The Morgan fingerprint density at radius 1 is 1.33 bits per heavy atom. The molecular formula is C19H26N6OS. The van der Waals surface area contributed by atoms with E-state index in [4.69, 9.17) is 5.73 Å². The Labute approximate surface area is 163 Å². The Kier molecular flexibility index (Phi) is 5.74. The number of nitrogens with one attached hydrogen (secondary N) is 1. The van der Waals surface area contributed by atoms with Crippen LogP contribution >= 0.6 is 11.3 Å². The van der Waals surface area contributed by atoms with Crippen LogP contribution < -0.4 is 11.1 Å². The molecule has 3 rings (SSSR count). The van der Waals surface area contributed by atoms with Crippen LogP contribution in [0.5, 0.6) is 0 Å². The zero-order chi connectivity index (χ0) is 19.6. The van der Waals surface area contributed by atoms with Gasteiger partial charge in [0.25, 0.3) is 0 Å². The van der Waals surface area contributed by atoms with Crippen molar-refractivity contribution >= 4 is 33.3 Å². The molecule has 0 aliphatic carbocycles. The molecular weight excluding hydrogens is 360 g/mol. The Morgan fingerprint density at radius 3 is 2.74 bits per heavy atom. The molecule has 3 aromatic heterocycles. The van der Waals surface area contributed by atoms with E-state index in [1.807, 2.05) is 20.2 Å². The zero-order valence-electron chi connectivity index (χ0n) is 16.2. The molecule has 0 bridgehead atoms. The van der Waals surface area contributed by atoms with Gasteiger partial charge in [-0.15, -0.1) is 11.3 Å². The third kappa shape index (κ3) is 4.63. The number of carbonyl (C=O) groups excluding carboxylic acids is 1. The Bertz CT molecular complexity index is 945. The van der Waals surface area contributed by atoms with Gasteiger partial charge in [0.1, 0.15) is 16.5 Å². The van der Waals surface area contributed by atoms with Crippen LogP contribution in [0.2, 0.25) is 0 Å². The number of aromatic nitrogens is 4. The van der Waals surface area contributed by atoms with Crippen LogP contribution in [0.1, 0.15) is 30.8 Å². The summed E-state index contributed by atoms with van der Waals surface area (Å²) in [4.78, 5) is 22.1. The number of primary amides is 1. The molecule has 0 radical (unpaired) electrons. The van der Waals surface area contributed by atoms with E-state index in [-0.39, 0.29) is 11.8 Å². The molecule has 3 heterocycles. The Morgan fingerprint density at radius 2 is 2.11 bits per heavy atom. The summed E-state index contributed by atoms with van der Waals surface area (Å²) in [5.74, 6) is 1.37. The molecule has 3 aromatic rings. The number of carbonyl (C=O) groups is 1. The molecule has 7 nitrogen and oxygen atoms in total. The van der Waals surface area contributed by atoms with Crippen LogP contribution in [-0.2, 0) is 24.7 Å². The van der Waals surface area contributed by atoms with Gasteiger partial charge in [0.2, 0.25) is 5.91 Å². The topological polar surface area (TPSA) is 98.7 Å². The molecule has 0 aliphatic rings. The smallest absolute Gasteiger partial charge is 0.222 e. The molecule has 3 N–H and O–H groups in total. The molecule has 8 heteroatoms. The van der Waals surface area contributed by atoms with Crippen molar-refractivity contribution < 1.29 is 4.79 Å². The van der Waals surface area contributed by atoms with Crippen molar-refractivity contribution in [1.29, 1.82) is 0 Å². The zero-order valence-corrected chi connectivity index (χ0v) is 17.0. The van der Waals surface area contributed by atoms with Gasteiger partial charge in [-0.2, -0.15) is 5.10 Å². The highest BCUT2D eigenvalue weighted by molar-refractivity contribution is 7.17. The average Bonchev–Trinajstić information content (AvgIpc) is 3.16. The maximum Gasteiger partial charge on any atom is 0.222 e. The molecule has 0 saturated carbocycles. The fourth-order valence-corrected chi connectivity index (χ4v) is 4.18. The second kappa shape index (κ2) is 8.04. The number of hydrogen-bond acceptors (Lipinski definition) is 6. The third-order valence-corrected chi connectivity index (χ3v) is 5.33. The maximum absolute atomic E-state index is 11.9. The first kappa shape index (κ1) is 19.3. The first-order valence-electron chi connectivity index (χ1n) is 9.09. The quantitative estimate of drug-likeness (QED) is 0.620. The number of hydrogen-bond donors (Lipinski definition) is 2. The SMILES string of the molecule is Cc1nc(NC[C@@H](Cc2cnn(C)c2)C(N)=O)c2c(CC(C)C)csc2n1. The van der Waals surface area contributed by atoms with Gasteiger partial charge in [-0.3, -0.25) is 9.48 Å². The molecule has 0 spiro atoms. The highest BCUT2D eigenvalue weighted by Crippen LogP contribution is 2.31. The van der Waals surface area contributed by atoms with Crippen LogP contribution in [-0.4, -0.2) is 32.2 Å². The monoisotopic (exact) mass is 386 g/mol. The summed E-state index contributed by atoms with van der Waals surface area (Å²) in [5.41, 5.74) is 7.87. The predicted octanol–water partition coefficient (Wildman–Crippen LogP) is 2.69. The van der Waals surface area contributed by atoms with E-state index < -0.39 is 0 Å². The number of nitrogens with two attached hydrogens (primary N) is 1. The highest BCUT2D eigenvalue weighted by atomic mass is 32.1. The number of nitrogens with zero attached hydrogens (tertiary/aromatic N) is 4. The number of fused-ring (bicyclic) bond motifs is 1. The van der Waals surface area contributed by atoms with Crippen LogP contribution in [0, 0.1) is 18.8 Å². The number of amides is 1. The first-order valence-corrected chi connectivity index (χ1v) is 9.97. The molecule has 0 aromatic carbocycles. The fraction of sp³-hybridized carbons (Fsp3) is 0.474. The van der Waals surface area contributed by atoms with Gasteiger partial charge in [0.15, 0.2) is 0 Å². The number of thiophene rings is 1. The van der Waals surface area contributed by atoms with Gasteiger partial charge in [0.05, 0.1) is 17.5 Å². The minimum atomic E-state index is -0.341. The van der Waals surface area contributed by atoms with E-state index in [0.29, 0.717) is 24.7 Å². The predicted molar refractivity (Wildman–Crippen MR) is 109 cm³/mol. The molecule has 0 saturated heterocycles. The molecule has 1 atom stereocenters. The summed E-state index contributed by atoms with van der Waals surface area (Å²) in [5, 5.41) is 10.7. The van der Waals surface area contributed by atoms with Crippen LogP contribution in [0.4, 0.5) is 5.82 Å². The second-order valence-electron chi connectivity index (χ2n) is 7.37. The van der Waals surface area contributed by atoms with Crippen LogP contribution in [0.25, 0.3) is 10.2 Å². The summed E-state index contributed by atoms with van der Waals surface area (Å²) in [7, 11) is 1.86. The van der Waals surface area contributed by atoms with Gasteiger partial charge < -0.3 is 11.1 Å². The molecule has 0 aliphatic heterocycles. The maximum atomic E-state index is 11.9. The van der Waals surface area contributed by atoms with Crippen molar-refractivity contribution in [2.24, 2.45) is 24.6 Å².